The third-order valence-corrected chi connectivity index (χ3v) is 4.07. The minimum atomic E-state index is 0.999. The summed E-state index contributed by atoms with van der Waals surface area (Å²) in [6.45, 7) is 6.38. The zero-order chi connectivity index (χ0) is 17.4. The molecule has 0 aliphatic carbocycles. The fraction of sp³-hybridized carbons (Fsp3) is 0.273. The lowest BCUT2D eigenvalue weighted by Crippen LogP contribution is -2.19. The molecule has 2 nitrogen and oxygen atoms in total. The Morgan fingerprint density at radius 2 is 1.38 bits per heavy atom. The largest absolute Gasteiger partial charge is 0.377 e. The second-order valence-electron chi connectivity index (χ2n) is 5.96. The molecule has 0 heterocycles. The van der Waals surface area contributed by atoms with Gasteiger partial charge in [-0.3, -0.25) is 0 Å². The number of allylic oxidation sites excluding steroid dienone is 1. The third kappa shape index (κ3) is 4.76. The molecule has 0 aliphatic rings. The van der Waals surface area contributed by atoms with Crippen molar-refractivity contribution in [2.45, 2.75) is 13.8 Å². The summed E-state index contributed by atoms with van der Waals surface area (Å²) in [6, 6.07) is 21.1. The van der Waals surface area contributed by atoms with Crippen LogP contribution in [0.25, 0.3) is 11.6 Å². The molecule has 0 saturated heterocycles. The van der Waals surface area contributed by atoms with E-state index in [0.29, 0.717) is 0 Å². The summed E-state index contributed by atoms with van der Waals surface area (Å²) in [5.74, 6) is 0. The minimum Gasteiger partial charge on any atom is -0.377 e. The summed E-state index contributed by atoms with van der Waals surface area (Å²) in [5, 5.41) is 0. The summed E-state index contributed by atoms with van der Waals surface area (Å²) >= 11 is 0. The van der Waals surface area contributed by atoms with Crippen LogP contribution in [0.4, 0.5) is 0 Å². The molecule has 0 bridgehead atoms. The van der Waals surface area contributed by atoms with Crippen LogP contribution < -0.4 is 0 Å². The van der Waals surface area contributed by atoms with Crippen LogP contribution in [0.15, 0.2) is 72.6 Å². The molecule has 0 atom stereocenters. The van der Waals surface area contributed by atoms with E-state index in [9.17, 15) is 0 Å². The van der Waals surface area contributed by atoms with E-state index in [4.69, 9.17) is 0 Å². The molecule has 0 aliphatic heterocycles. The fourth-order valence-electron chi connectivity index (χ4n) is 2.65. The van der Waals surface area contributed by atoms with Gasteiger partial charge in [0.05, 0.1) is 0 Å². The van der Waals surface area contributed by atoms with Crippen molar-refractivity contribution in [2.75, 3.05) is 27.2 Å². The van der Waals surface area contributed by atoms with E-state index in [1.54, 1.807) is 0 Å². The third-order valence-electron chi connectivity index (χ3n) is 4.07. The second kappa shape index (κ2) is 8.97. The summed E-state index contributed by atoms with van der Waals surface area (Å²) in [7, 11) is 4.21. The van der Waals surface area contributed by atoms with Gasteiger partial charge < -0.3 is 9.80 Å². The monoisotopic (exact) mass is 320 g/mol. The molecular weight excluding hydrogens is 292 g/mol. The number of likely N-dealkylation sites (N-methyl/N-ethyl adjacent to an activating group) is 1. The highest BCUT2D eigenvalue weighted by Crippen LogP contribution is 2.27. The van der Waals surface area contributed by atoms with Gasteiger partial charge >= 0.3 is 0 Å². The molecular formula is C22H28N2. The van der Waals surface area contributed by atoms with Crippen molar-refractivity contribution >= 4 is 11.6 Å². The van der Waals surface area contributed by atoms with Gasteiger partial charge in [0, 0.05) is 44.7 Å². The van der Waals surface area contributed by atoms with Crippen LogP contribution in [-0.2, 0) is 0 Å². The van der Waals surface area contributed by atoms with Gasteiger partial charge in [0.2, 0.25) is 0 Å². The van der Waals surface area contributed by atoms with Gasteiger partial charge in [0.15, 0.2) is 0 Å². The smallest absolute Gasteiger partial charge is 0.0461 e. The molecule has 0 unspecified atom stereocenters. The summed E-state index contributed by atoms with van der Waals surface area (Å²) < 4.78 is 0. The van der Waals surface area contributed by atoms with Gasteiger partial charge in [-0.2, -0.15) is 0 Å². The van der Waals surface area contributed by atoms with Crippen LogP contribution in [0.3, 0.4) is 0 Å². The van der Waals surface area contributed by atoms with Crippen molar-refractivity contribution < 1.29 is 0 Å². The normalized spacial score (nSPS) is 12.2. The van der Waals surface area contributed by atoms with E-state index in [0.717, 1.165) is 13.1 Å². The number of nitrogens with zero attached hydrogens (tertiary/aromatic N) is 2. The van der Waals surface area contributed by atoms with E-state index in [1.165, 1.54) is 22.4 Å². The lowest BCUT2D eigenvalue weighted by atomic mass is 10.0. The maximum Gasteiger partial charge on any atom is 0.0461 e. The molecule has 0 radical (unpaired) electrons. The van der Waals surface area contributed by atoms with Crippen LogP contribution in [0, 0.1) is 0 Å². The van der Waals surface area contributed by atoms with Gasteiger partial charge in [-0.05, 0) is 31.1 Å². The fourth-order valence-corrected chi connectivity index (χ4v) is 2.65. The Labute approximate surface area is 146 Å². The first-order valence-electron chi connectivity index (χ1n) is 8.61. The Balaban J connectivity index is 2.56. The highest BCUT2D eigenvalue weighted by Gasteiger charge is 2.12. The molecule has 0 fully saturated rings. The molecule has 2 rings (SSSR count). The van der Waals surface area contributed by atoms with E-state index >= 15 is 0 Å². The van der Waals surface area contributed by atoms with Crippen molar-refractivity contribution in [1.82, 2.24) is 9.80 Å². The van der Waals surface area contributed by atoms with Crippen molar-refractivity contribution in [3.05, 3.63) is 83.7 Å². The zero-order valence-electron chi connectivity index (χ0n) is 15.2. The van der Waals surface area contributed by atoms with Crippen molar-refractivity contribution in [3.8, 4) is 0 Å². The predicted molar refractivity (Wildman–Crippen MR) is 105 cm³/mol. The summed E-state index contributed by atoms with van der Waals surface area (Å²) in [4.78, 5) is 4.53. The topological polar surface area (TPSA) is 6.48 Å². The Bertz CT molecular complexity index is 666. The molecule has 0 spiro atoms. The molecule has 0 amide bonds. The molecule has 2 heteroatoms. The molecule has 126 valence electrons. The average molecular weight is 320 g/mol. The van der Waals surface area contributed by atoms with Crippen molar-refractivity contribution in [2.24, 2.45) is 0 Å². The van der Waals surface area contributed by atoms with Crippen LogP contribution in [0.2, 0.25) is 0 Å². The maximum absolute atomic E-state index is 2.34. The molecule has 0 saturated carbocycles. The Morgan fingerprint density at radius 1 is 0.833 bits per heavy atom. The minimum absolute atomic E-state index is 0.999. The number of hydrogen-bond donors (Lipinski definition) is 0. The number of rotatable bonds is 7. The first-order valence-corrected chi connectivity index (χ1v) is 8.61. The zero-order valence-corrected chi connectivity index (χ0v) is 15.2. The Morgan fingerprint density at radius 3 is 1.88 bits per heavy atom. The average Bonchev–Trinajstić information content (AvgIpc) is 2.63. The quantitative estimate of drug-likeness (QED) is 0.664. The molecule has 24 heavy (non-hydrogen) atoms. The van der Waals surface area contributed by atoms with E-state index in [2.05, 4.69) is 111 Å². The van der Waals surface area contributed by atoms with Gasteiger partial charge in [0.1, 0.15) is 0 Å². The van der Waals surface area contributed by atoms with E-state index in [1.807, 2.05) is 0 Å². The van der Waals surface area contributed by atoms with Crippen molar-refractivity contribution in [1.29, 1.82) is 0 Å². The first kappa shape index (κ1) is 17.9. The SMILES string of the molecule is CCN(C=C(C(=Cc1ccccc1)N(C)C)c1ccccc1)CC. The van der Waals surface area contributed by atoms with Crippen molar-refractivity contribution in [3.63, 3.8) is 0 Å². The summed E-state index contributed by atoms with van der Waals surface area (Å²) in [6.07, 6.45) is 4.53. The molecule has 2 aromatic rings. The van der Waals surface area contributed by atoms with E-state index < -0.39 is 0 Å². The first-order chi connectivity index (χ1) is 11.7. The number of hydrogen-bond acceptors (Lipinski definition) is 2. The molecule has 0 N–H and O–H groups in total. The van der Waals surface area contributed by atoms with Gasteiger partial charge in [-0.15, -0.1) is 0 Å². The molecule has 0 aromatic heterocycles. The van der Waals surface area contributed by atoms with E-state index in [-0.39, 0.29) is 0 Å². The second-order valence-corrected chi connectivity index (χ2v) is 5.96. The standard InChI is InChI=1S/C22H28N2/c1-5-24(6-2)18-21(20-15-11-8-12-16-20)22(23(3)4)17-19-13-9-7-10-14-19/h7-18H,5-6H2,1-4H3. The van der Waals surface area contributed by atoms with Crippen LogP contribution >= 0.6 is 0 Å². The Kier molecular flexibility index (Phi) is 6.68. The van der Waals surface area contributed by atoms with Crippen LogP contribution in [0.1, 0.15) is 25.0 Å². The lowest BCUT2D eigenvalue weighted by molar-refractivity contribution is 0.418. The van der Waals surface area contributed by atoms with Gasteiger partial charge in [-0.25, -0.2) is 0 Å². The highest BCUT2D eigenvalue weighted by molar-refractivity contribution is 5.83. The van der Waals surface area contributed by atoms with Gasteiger partial charge in [0.25, 0.3) is 0 Å². The summed E-state index contributed by atoms with van der Waals surface area (Å²) in [5.41, 5.74) is 4.90. The maximum atomic E-state index is 2.34. The predicted octanol–water partition coefficient (Wildman–Crippen LogP) is 4.97. The Hall–Kier alpha value is -2.48. The van der Waals surface area contributed by atoms with Crippen LogP contribution in [-0.4, -0.2) is 37.0 Å². The highest BCUT2D eigenvalue weighted by atomic mass is 15.1. The number of benzene rings is 2. The van der Waals surface area contributed by atoms with Crippen LogP contribution in [0.5, 0.6) is 0 Å². The molecule has 2 aromatic carbocycles. The van der Waals surface area contributed by atoms with Gasteiger partial charge in [-0.1, -0.05) is 60.7 Å². The lowest BCUT2D eigenvalue weighted by Gasteiger charge is -2.24.